The van der Waals surface area contributed by atoms with Crippen molar-refractivity contribution >= 4 is 17.6 Å². The molecule has 1 atom stereocenters. The molecule has 1 heterocycles. The third-order valence-corrected chi connectivity index (χ3v) is 2.82. The predicted molar refractivity (Wildman–Crippen MR) is 64.8 cm³/mol. The Hall–Kier alpha value is -2.08. The second-order valence-electron chi connectivity index (χ2n) is 4.13. The third-order valence-electron chi connectivity index (χ3n) is 2.82. The van der Waals surface area contributed by atoms with Gasteiger partial charge in [-0.25, -0.2) is 4.79 Å². The molecular weight excluding hydrogens is 236 g/mol. The van der Waals surface area contributed by atoms with Crippen LogP contribution in [0.5, 0.6) is 0 Å². The first-order valence-electron chi connectivity index (χ1n) is 5.59. The number of carbonyl (C=O) groups is 2. The van der Waals surface area contributed by atoms with E-state index in [9.17, 15) is 9.59 Å². The van der Waals surface area contributed by atoms with Gasteiger partial charge in [0.15, 0.2) is 0 Å². The molecule has 0 bridgehead atoms. The Morgan fingerprint density at radius 1 is 1.44 bits per heavy atom. The fraction of sp³-hybridized carbons (Fsp3) is 0.333. The number of carboxylic acids is 1. The molecule has 1 aromatic carbocycles. The summed E-state index contributed by atoms with van der Waals surface area (Å²) in [6.45, 7) is 1.19. The summed E-state index contributed by atoms with van der Waals surface area (Å²) in [5.74, 6) is -1.63. The van der Waals surface area contributed by atoms with Gasteiger partial charge in [0.25, 0.3) is 5.91 Å². The lowest BCUT2D eigenvalue weighted by Crippen LogP contribution is -2.22. The number of anilines is 1. The molecule has 0 spiro atoms. The Morgan fingerprint density at radius 2 is 2.22 bits per heavy atom. The molecule has 1 amide bonds. The highest BCUT2D eigenvalue weighted by Crippen LogP contribution is 2.20. The number of hydrogen-bond donors (Lipinski definition) is 3. The first-order valence-corrected chi connectivity index (χ1v) is 5.59. The summed E-state index contributed by atoms with van der Waals surface area (Å²) in [6, 6.07) is 4.27. The molecule has 0 radical (unpaired) electrons. The fourth-order valence-electron chi connectivity index (χ4n) is 1.88. The monoisotopic (exact) mass is 250 g/mol. The minimum absolute atomic E-state index is 0.0761. The summed E-state index contributed by atoms with van der Waals surface area (Å²) in [7, 11) is 0. The van der Waals surface area contributed by atoms with E-state index in [1.807, 2.05) is 0 Å². The number of carbonyl (C=O) groups excluding carboxylic acids is 1. The van der Waals surface area contributed by atoms with Crippen molar-refractivity contribution in [1.29, 1.82) is 0 Å². The summed E-state index contributed by atoms with van der Waals surface area (Å²) in [4.78, 5) is 22.2. The minimum Gasteiger partial charge on any atom is -0.478 e. The standard InChI is InChI=1S/C12H14N2O4/c13-11(15)9-2-1-7(12(16)17)5-10(9)14-8-3-4-18-6-8/h1-2,5,8,14H,3-4,6H2,(H2,13,15)(H,16,17)/t8-/m1/s1. The summed E-state index contributed by atoms with van der Waals surface area (Å²) in [5, 5.41) is 12.0. The average molecular weight is 250 g/mol. The molecule has 0 aliphatic carbocycles. The molecule has 4 N–H and O–H groups in total. The maximum atomic E-state index is 11.3. The number of nitrogens with one attached hydrogen (secondary N) is 1. The van der Waals surface area contributed by atoms with Crippen LogP contribution in [-0.2, 0) is 4.74 Å². The number of ether oxygens (including phenoxy) is 1. The Morgan fingerprint density at radius 3 is 2.78 bits per heavy atom. The Bertz CT molecular complexity index is 481. The topological polar surface area (TPSA) is 102 Å². The van der Waals surface area contributed by atoms with Gasteiger partial charge in [-0.3, -0.25) is 4.79 Å². The number of benzene rings is 1. The van der Waals surface area contributed by atoms with Crippen LogP contribution in [0, 0.1) is 0 Å². The van der Waals surface area contributed by atoms with Gasteiger partial charge < -0.3 is 20.9 Å². The van der Waals surface area contributed by atoms with Crippen LogP contribution in [0.4, 0.5) is 5.69 Å². The molecule has 1 fully saturated rings. The van der Waals surface area contributed by atoms with Crippen molar-refractivity contribution in [3.8, 4) is 0 Å². The lowest BCUT2D eigenvalue weighted by Gasteiger charge is -2.15. The second-order valence-corrected chi connectivity index (χ2v) is 4.13. The van der Waals surface area contributed by atoms with Crippen LogP contribution in [0.15, 0.2) is 18.2 Å². The van der Waals surface area contributed by atoms with E-state index in [4.69, 9.17) is 15.6 Å². The fourth-order valence-corrected chi connectivity index (χ4v) is 1.88. The van der Waals surface area contributed by atoms with Gasteiger partial charge in [-0.15, -0.1) is 0 Å². The van der Waals surface area contributed by atoms with E-state index in [1.165, 1.54) is 18.2 Å². The summed E-state index contributed by atoms with van der Waals surface area (Å²) in [6.07, 6.45) is 0.815. The molecule has 1 aliphatic heterocycles. The zero-order chi connectivity index (χ0) is 13.1. The first kappa shape index (κ1) is 12.4. The zero-order valence-electron chi connectivity index (χ0n) is 9.68. The number of rotatable bonds is 4. The molecule has 0 aromatic heterocycles. The minimum atomic E-state index is -1.04. The Labute approximate surface area is 104 Å². The molecule has 0 unspecified atom stereocenters. The molecule has 6 heteroatoms. The van der Waals surface area contributed by atoms with Gasteiger partial charge in [-0.1, -0.05) is 0 Å². The van der Waals surface area contributed by atoms with Gasteiger partial charge in [0.2, 0.25) is 0 Å². The largest absolute Gasteiger partial charge is 0.478 e. The van der Waals surface area contributed by atoms with E-state index < -0.39 is 11.9 Å². The van der Waals surface area contributed by atoms with Gasteiger partial charge in [0.05, 0.1) is 23.8 Å². The van der Waals surface area contributed by atoms with E-state index in [0.717, 1.165) is 6.42 Å². The average Bonchev–Trinajstić information content (AvgIpc) is 2.81. The van der Waals surface area contributed by atoms with Gasteiger partial charge >= 0.3 is 5.97 Å². The summed E-state index contributed by atoms with van der Waals surface area (Å²) in [5.41, 5.74) is 6.10. The second kappa shape index (κ2) is 5.05. The van der Waals surface area contributed by atoms with Gasteiger partial charge in [0.1, 0.15) is 0 Å². The number of primary amides is 1. The SMILES string of the molecule is NC(=O)c1ccc(C(=O)O)cc1N[C@@H]1CCOC1. The first-order chi connectivity index (χ1) is 8.58. The third kappa shape index (κ3) is 2.60. The van der Waals surface area contributed by atoms with Crippen LogP contribution in [-0.4, -0.2) is 36.2 Å². The van der Waals surface area contributed by atoms with E-state index in [1.54, 1.807) is 0 Å². The van der Waals surface area contributed by atoms with E-state index in [2.05, 4.69) is 5.32 Å². The maximum Gasteiger partial charge on any atom is 0.335 e. The Kier molecular flexibility index (Phi) is 3.47. The van der Waals surface area contributed by atoms with Crippen molar-refractivity contribution in [2.75, 3.05) is 18.5 Å². The van der Waals surface area contributed by atoms with E-state index in [-0.39, 0.29) is 17.2 Å². The maximum absolute atomic E-state index is 11.3. The summed E-state index contributed by atoms with van der Waals surface area (Å²) < 4.78 is 5.21. The zero-order valence-corrected chi connectivity index (χ0v) is 9.68. The van der Waals surface area contributed by atoms with E-state index in [0.29, 0.717) is 18.9 Å². The number of carboxylic acid groups (broad SMARTS) is 1. The number of amides is 1. The van der Waals surface area contributed by atoms with Gasteiger partial charge in [-0.2, -0.15) is 0 Å². The van der Waals surface area contributed by atoms with Crippen molar-refractivity contribution < 1.29 is 19.4 Å². The van der Waals surface area contributed by atoms with Crippen LogP contribution in [0.25, 0.3) is 0 Å². The van der Waals surface area contributed by atoms with Crippen LogP contribution < -0.4 is 11.1 Å². The molecule has 1 aliphatic rings. The normalized spacial score (nSPS) is 18.6. The molecular formula is C12H14N2O4. The Balaban J connectivity index is 2.30. The molecule has 0 saturated carbocycles. The quantitative estimate of drug-likeness (QED) is 0.729. The highest BCUT2D eigenvalue weighted by atomic mass is 16.5. The van der Waals surface area contributed by atoms with Crippen molar-refractivity contribution in [2.24, 2.45) is 5.73 Å². The summed E-state index contributed by atoms with van der Waals surface area (Å²) >= 11 is 0. The van der Waals surface area contributed by atoms with Gasteiger partial charge in [0, 0.05) is 12.3 Å². The van der Waals surface area contributed by atoms with Crippen LogP contribution in [0.3, 0.4) is 0 Å². The lowest BCUT2D eigenvalue weighted by atomic mass is 10.1. The molecule has 2 rings (SSSR count). The predicted octanol–water partition coefficient (Wildman–Crippen LogP) is 0.684. The molecule has 18 heavy (non-hydrogen) atoms. The van der Waals surface area contributed by atoms with Crippen molar-refractivity contribution in [1.82, 2.24) is 0 Å². The van der Waals surface area contributed by atoms with Crippen molar-refractivity contribution in [3.63, 3.8) is 0 Å². The number of nitrogens with two attached hydrogens (primary N) is 1. The van der Waals surface area contributed by atoms with Crippen LogP contribution in [0.2, 0.25) is 0 Å². The lowest BCUT2D eigenvalue weighted by molar-refractivity contribution is 0.0696. The molecule has 6 nitrogen and oxygen atoms in total. The van der Waals surface area contributed by atoms with Gasteiger partial charge in [-0.05, 0) is 24.6 Å². The number of hydrogen-bond acceptors (Lipinski definition) is 4. The highest BCUT2D eigenvalue weighted by molar-refractivity contribution is 6.00. The van der Waals surface area contributed by atoms with Crippen molar-refractivity contribution in [3.05, 3.63) is 29.3 Å². The highest BCUT2D eigenvalue weighted by Gasteiger charge is 2.19. The molecule has 96 valence electrons. The smallest absolute Gasteiger partial charge is 0.335 e. The number of aromatic carboxylic acids is 1. The van der Waals surface area contributed by atoms with E-state index >= 15 is 0 Å². The molecule has 1 saturated heterocycles. The van der Waals surface area contributed by atoms with Crippen LogP contribution >= 0.6 is 0 Å². The van der Waals surface area contributed by atoms with Crippen molar-refractivity contribution in [2.45, 2.75) is 12.5 Å². The van der Waals surface area contributed by atoms with Crippen LogP contribution in [0.1, 0.15) is 27.1 Å². The molecule has 1 aromatic rings.